The number of nitrogens with zero attached hydrogens (tertiary/aromatic N) is 3. The standard InChI is InChI=1S/C17H21N3O3/c1-17(2)11-20(9-12(23-17)10-22-3)16(21)13-5-4-6-14-15(13)19-8-7-18-14/h4-8,12H,9-11H2,1-3H3/t12-/m1/s1. The van der Waals surface area contributed by atoms with Gasteiger partial charge in [-0.2, -0.15) is 0 Å². The highest BCUT2D eigenvalue weighted by Gasteiger charge is 2.36. The summed E-state index contributed by atoms with van der Waals surface area (Å²) in [6, 6.07) is 5.49. The number of carbonyl (C=O) groups is 1. The molecule has 0 aliphatic carbocycles. The van der Waals surface area contributed by atoms with Crippen molar-refractivity contribution in [1.82, 2.24) is 14.9 Å². The maximum Gasteiger partial charge on any atom is 0.256 e. The number of hydrogen-bond acceptors (Lipinski definition) is 5. The molecule has 1 fully saturated rings. The summed E-state index contributed by atoms with van der Waals surface area (Å²) < 4.78 is 11.2. The van der Waals surface area contributed by atoms with Crippen molar-refractivity contribution >= 4 is 16.9 Å². The van der Waals surface area contributed by atoms with Gasteiger partial charge in [-0.1, -0.05) is 6.07 Å². The maximum atomic E-state index is 13.0. The Labute approximate surface area is 135 Å². The second-order valence-electron chi connectivity index (χ2n) is 6.37. The van der Waals surface area contributed by atoms with Crippen LogP contribution in [0.4, 0.5) is 0 Å². The van der Waals surface area contributed by atoms with E-state index in [9.17, 15) is 4.79 Å². The zero-order valence-electron chi connectivity index (χ0n) is 13.7. The first kappa shape index (κ1) is 15.8. The van der Waals surface area contributed by atoms with Crippen LogP contribution in [-0.2, 0) is 9.47 Å². The third-order valence-electron chi connectivity index (χ3n) is 3.85. The van der Waals surface area contributed by atoms with Gasteiger partial charge in [-0.15, -0.1) is 0 Å². The zero-order chi connectivity index (χ0) is 16.4. The van der Waals surface area contributed by atoms with Gasteiger partial charge in [0.25, 0.3) is 5.91 Å². The molecule has 0 bridgehead atoms. The van der Waals surface area contributed by atoms with Gasteiger partial charge >= 0.3 is 0 Å². The average molecular weight is 315 g/mol. The topological polar surface area (TPSA) is 64.5 Å². The van der Waals surface area contributed by atoms with Gasteiger partial charge in [-0.3, -0.25) is 14.8 Å². The monoisotopic (exact) mass is 315 g/mol. The first-order chi connectivity index (χ1) is 11.0. The smallest absolute Gasteiger partial charge is 0.256 e. The molecule has 6 nitrogen and oxygen atoms in total. The highest BCUT2D eigenvalue weighted by molar-refractivity contribution is 6.04. The van der Waals surface area contributed by atoms with Crippen molar-refractivity contribution in [1.29, 1.82) is 0 Å². The van der Waals surface area contributed by atoms with Gasteiger partial charge in [-0.05, 0) is 26.0 Å². The molecule has 3 rings (SSSR count). The number of benzene rings is 1. The first-order valence-electron chi connectivity index (χ1n) is 7.66. The maximum absolute atomic E-state index is 13.0. The number of morpholine rings is 1. The lowest BCUT2D eigenvalue weighted by atomic mass is 10.0. The molecule has 0 unspecified atom stereocenters. The lowest BCUT2D eigenvalue weighted by Crippen LogP contribution is -2.55. The van der Waals surface area contributed by atoms with Gasteiger partial charge in [-0.25, -0.2) is 0 Å². The Morgan fingerprint density at radius 3 is 2.96 bits per heavy atom. The van der Waals surface area contributed by atoms with Crippen LogP contribution < -0.4 is 0 Å². The van der Waals surface area contributed by atoms with E-state index in [4.69, 9.17) is 9.47 Å². The summed E-state index contributed by atoms with van der Waals surface area (Å²) in [6.45, 7) is 5.47. The van der Waals surface area contributed by atoms with Crippen molar-refractivity contribution < 1.29 is 14.3 Å². The van der Waals surface area contributed by atoms with Gasteiger partial charge in [0.15, 0.2) is 0 Å². The summed E-state index contributed by atoms with van der Waals surface area (Å²) in [5, 5.41) is 0. The first-order valence-corrected chi connectivity index (χ1v) is 7.66. The molecular formula is C17H21N3O3. The summed E-state index contributed by atoms with van der Waals surface area (Å²) in [6.07, 6.45) is 3.10. The molecule has 1 aromatic carbocycles. The lowest BCUT2D eigenvalue weighted by molar-refractivity contribution is -0.143. The minimum Gasteiger partial charge on any atom is -0.382 e. The molecule has 122 valence electrons. The molecule has 1 atom stereocenters. The molecule has 1 amide bonds. The summed E-state index contributed by atoms with van der Waals surface area (Å²) in [4.78, 5) is 23.4. The average Bonchev–Trinajstić information content (AvgIpc) is 2.52. The molecule has 0 saturated carbocycles. The predicted octanol–water partition coefficient (Wildman–Crippen LogP) is 1.90. The van der Waals surface area contributed by atoms with Crippen molar-refractivity contribution in [2.45, 2.75) is 25.6 Å². The molecule has 2 aromatic rings. The molecule has 0 spiro atoms. The van der Waals surface area contributed by atoms with E-state index in [0.717, 1.165) is 5.52 Å². The van der Waals surface area contributed by atoms with Crippen LogP contribution in [0, 0.1) is 0 Å². The second kappa shape index (κ2) is 6.22. The third kappa shape index (κ3) is 3.33. The lowest BCUT2D eigenvalue weighted by Gasteiger charge is -2.42. The van der Waals surface area contributed by atoms with E-state index in [1.165, 1.54) is 0 Å². The van der Waals surface area contributed by atoms with E-state index in [2.05, 4.69) is 9.97 Å². The van der Waals surface area contributed by atoms with Crippen molar-refractivity contribution in [3.63, 3.8) is 0 Å². The number of hydrogen-bond donors (Lipinski definition) is 0. The van der Waals surface area contributed by atoms with Crippen LogP contribution >= 0.6 is 0 Å². The van der Waals surface area contributed by atoms with Gasteiger partial charge in [0.1, 0.15) is 5.52 Å². The molecule has 1 aliphatic heterocycles. The van der Waals surface area contributed by atoms with E-state index in [-0.39, 0.29) is 12.0 Å². The molecule has 0 N–H and O–H groups in total. The number of carbonyl (C=O) groups excluding carboxylic acids is 1. The number of para-hydroxylation sites is 1. The van der Waals surface area contributed by atoms with E-state index in [1.807, 2.05) is 30.9 Å². The molecule has 23 heavy (non-hydrogen) atoms. The van der Waals surface area contributed by atoms with Crippen molar-refractivity contribution in [2.75, 3.05) is 26.8 Å². The van der Waals surface area contributed by atoms with E-state index < -0.39 is 5.60 Å². The third-order valence-corrected chi connectivity index (χ3v) is 3.85. The zero-order valence-corrected chi connectivity index (χ0v) is 13.7. The van der Waals surface area contributed by atoms with Crippen LogP contribution in [-0.4, -0.2) is 59.3 Å². The second-order valence-corrected chi connectivity index (χ2v) is 6.37. The summed E-state index contributed by atoms with van der Waals surface area (Å²) in [5.41, 5.74) is 1.52. The van der Waals surface area contributed by atoms with Gasteiger partial charge in [0.05, 0.1) is 29.4 Å². The van der Waals surface area contributed by atoms with Crippen molar-refractivity contribution in [3.05, 3.63) is 36.2 Å². The van der Waals surface area contributed by atoms with Crippen LogP contribution in [0.25, 0.3) is 11.0 Å². The van der Waals surface area contributed by atoms with E-state index >= 15 is 0 Å². The fourth-order valence-corrected chi connectivity index (χ4v) is 3.06. The molecule has 1 aromatic heterocycles. The fourth-order valence-electron chi connectivity index (χ4n) is 3.06. The van der Waals surface area contributed by atoms with Crippen LogP contribution in [0.1, 0.15) is 24.2 Å². The Hall–Kier alpha value is -2.05. The Balaban J connectivity index is 1.92. The summed E-state index contributed by atoms with van der Waals surface area (Å²) in [5.74, 6) is -0.0476. The molecule has 2 heterocycles. The molecule has 1 aliphatic rings. The molecule has 0 radical (unpaired) electrons. The van der Waals surface area contributed by atoms with Crippen molar-refractivity contribution in [2.24, 2.45) is 0 Å². The van der Waals surface area contributed by atoms with E-state index in [1.54, 1.807) is 25.6 Å². The number of aromatic nitrogens is 2. The van der Waals surface area contributed by atoms with Gasteiger partial charge < -0.3 is 14.4 Å². The number of ether oxygens (including phenoxy) is 2. The Kier molecular flexibility index (Phi) is 4.28. The van der Waals surface area contributed by atoms with Gasteiger partial charge in [0, 0.05) is 32.6 Å². The SMILES string of the molecule is COC[C@H]1CN(C(=O)c2cccc3nccnc23)CC(C)(C)O1. The molecule has 6 heteroatoms. The van der Waals surface area contributed by atoms with Crippen molar-refractivity contribution in [3.8, 4) is 0 Å². The summed E-state index contributed by atoms with van der Waals surface area (Å²) >= 11 is 0. The molecular weight excluding hydrogens is 294 g/mol. The highest BCUT2D eigenvalue weighted by atomic mass is 16.5. The summed E-state index contributed by atoms with van der Waals surface area (Å²) in [7, 11) is 1.64. The molecule has 1 saturated heterocycles. The van der Waals surface area contributed by atoms with Crippen LogP contribution in [0.3, 0.4) is 0 Å². The highest BCUT2D eigenvalue weighted by Crippen LogP contribution is 2.24. The van der Waals surface area contributed by atoms with Crippen LogP contribution in [0.2, 0.25) is 0 Å². The Morgan fingerprint density at radius 1 is 1.39 bits per heavy atom. The van der Waals surface area contributed by atoms with Crippen LogP contribution in [0.5, 0.6) is 0 Å². The largest absolute Gasteiger partial charge is 0.382 e. The minimum absolute atomic E-state index is 0.0476. The van der Waals surface area contributed by atoms with Gasteiger partial charge in [0.2, 0.25) is 0 Å². The predicted molar refractivity (Wildman–Crippen MR) is 86.3 cm³/mol. The number of rotatable bonds is 3. The van der Waals surface area contributed by atoms with Crippen LogP contribution in [0.15, 0.2) is 30.6 Å². The number of methoxy groups -OCH3 is 1. The fraction of sp³-hybridized carbons (Fsp3) is 0.471. The number of amides is 1. The van der Waals surface area contributed by atoms with E-state index in [0.29, 0.717) is 30.8 Å². The normalized spacial score (nSPS) is 20.7. The Bertz CT molecular complexity index is 712. The minimum atomic E-state index is -0.409. The number of fused-ring (bicyclic) bond motifs is 1. The Morgan fingerprint density at radius 2 is 2.17 bits per heavy atom. The quantitative estimate of drug-likeness (QED) is 0.865.